The predicted molar refractivity (Wildman–Crippen MR) is 75.8 cm³/mol. The molecular weight excluding hydrogens is 236 g/mol. The van der Waals surface area contributed by atoms with Crippen LogP contribution in [0.3, 0.4) is 0 Å². The minimum Gasteiger partial charge on any atom is -0.314 e. The van der Waals surface area contributed by atoms with Gasteiger partial charge in [-0.2, -0.15) is 5.10 Å². The second kappa shape index (κ2) is 5.61. The summed E-state index contributed by atoms with van der Waals surface area (Å²) in [6, 6.07) is 0.839. The topological polar surface area (TPSA) is 42.7 Å². The molecule has 0 amide bonds. The molecule has 0 aromatic carbocycles. The van der Waals surface area contributed by atoms with Crippen LogP contribution in [0, 0.1) is 17.8 Å². The molecule has 0 radical (unpaired) electrons. The molecule has 2 atom stereocenters. The van der Waals surface area contributed by atoms with Crippen molar-refractivity contribution in [2.24, 2.45) is 17.8 Å². The van der Waals surface area contributed by atoms with Crippen LogP contribution < -0.4 is 5.32 Å². The summed E-state index contributed by atoms with van der Waals surface area (Å²) in [4.78, 5) is 4.46. The highest BCUT2D eigenvalue weighted by Crippen LogP contribution is 2.36. The molecule has 2 saturated carbocycles. The lowest BCUT2D eigenvalue weighted by molar-refractivity contribution is 0.165. The number of hydrogen-bond acceptors (Lipinski definition) is 3. The Morgan fingerprint density at radius 1 is 1.26 bits per heavy atom. The Labute approximate surface area is 116 Å². The van der Waals surface area contributed by atoms with E-state index in [1.165, 1.54) is 38.1 Å². The fraction of sp³-hybridized carbons (Fsp3) is 0.867. The summed E-state index contributed by atoms with van der Waals surface area (Å²) in [6.07, 6.45) is 8.37. The van der Waals surface area contributed by atoms with E-state index >= 15 is 0 Å². The van der Waals surface area contributed by atoms with Crippen LogP contribution >= 0.6 is 0 Å². The van der Waals surface area contributed by atoms with Crippen molar-refractivity contribution >= 4 is 0 Å². The maximum atomic E-state index is 4.46. The van der Waals surface area contributed by atoms with Gasteiger partial charge in [-0.1, -0.05) is 13.8 Å². The van der Waals surface area contributed by atoms with E-state index in [2.05, 4.69) is 33.9 Å². The van der Waals surface area contributed by atoms with E-state index in [1.807, 2.05) is 0 Å². The van der Waals surface area contributed by atoms with Crippen LogP contribution in [-0.4, -0.2) is 27.4 Å². The van der Waals surface area contributed by atoms with Crippen LogP contribution in [0.5, 0.6) is 0 Å². The molecule has 19 heavy (non-hydrogen) atoms. The van der Waals surface area contributed by atoms with E-state index in [1.54, 1.807) is 6.33 Å². The minimum atomic E-state index is 0.633. The molecular formula is C15H26N4. The zero-order chi connectivity index (χ0) is 13.2. The molecule has 0 aliphatic heterocycles. The van der Waals surface area contributed by atoms with Crippen LogP contribution in [-0.2, 0) is 13.0 Å². The Hall–Kier alpha value is -0.900. The Bertz CT molecular complexity index is 408. The van der Waals surface area contributed by atoms with Gasteiger partial charge >= 0.3 is 0 Å². The van der Waals surface area contributed by atoms with Gasteiger partial charge in [0.25, 0.3) is 0 Å². The van der Waals surface area contributed by atoms with E-state index in [-0.39, 0.29) is 0 Å². The van der Waals surface area contributed by atoms with Gasteiger partial charge in [0.05, 0.1) is 0 Å². The number of aromatic nitrogens is 3. The molecule has 3 rings (SSSR count). The molecule has 4 nitrogen and oxygen atoms in total. The van der Waals surface area contributed by atoms with Gasteiger partial charge in [0.2, 0.25) is 0 Å². The summed E-state index contributed by atoms with van der Waals surface area (Å²) in [5.41, 5.74) is 0. The molecule has 106 valence electrons. The van der Waals surface area contributed by atoms with Crippen LogP contribution in [0.25, 0.3) is 0 Å². The maximum absolute atomic E-state index is 4.46. The largest absolute Gasteiger partial charge is 0.314 e. The van der Waals surface area contributed by atoms with Gasteiger partial charge in [-0.05, 0) is 50.0 Å². The normalized spacial score (nSPS) is 26.7. The molecule has 0 spiro atoms. The number of hydrogen-bond donors (Lipinski definition) is 1. The zero-order valence-electron chi connectivity index (χ0n) is 12.2. The van der Waals surface area contributed by atoms with Gasteiger partial charge in [0.1, 0.15) is 12.2 Å². The molecule has 1 N–H and O–H groups in total. The van der Waals surface area contributed by atoms with Crippen molar-refractivity contribution in [1.82, 2.24) is 20.1 Å². The molecule has 0 saturated heterocycles. The lowest BCUT2D eigenvalue weighted by Crippen LogP contribution is -2.37. The highest BCUT2D eigenvalue weighted by atomic mass is 15.3. The average molecular weight is 262 g/mol. The third-order valence-electron chi connectivity index (χ3n) is 4.50. The molecule has 2 aliphatic carbocycles. The Morgan fingerprint density at radius 2 is 2.05 bits per heavy atom. The zero-order valence-corrected chi connectivity index (χ0v) is 12.2. The third-order valence-corrected chi connectivity index (χ3v) is 4.50. The number of rotatable bonds is 7. The molecule has 1 aromatic rings. The van der Waals surface area contributed by atoms with Crippen LogP contribution in [0.4, 0.5) is 0 Å². The van der Waals surface area contributed by atoms with Crippen molar-refractivity contribution < 1.29 is 0 Å². The molecule has 0 bridgehead atoms. The minimum absolute atomic E-state index is 0.633. The molecule has 1 aromatic heterocycles. The first kappa shape index (κ1) is 13.1. The third kappa shape index (κ3) is 3.35. The van der Waals surface area contributed by atoms with Crippen molar-refractivity contribution in [2.75, 3.05) is 6.54 Å². The average Bonchev–Trinajstić information content (AvgIpc) is 3.06. The van der Waals surface area contributed by atoms with Crippen molar-refractivity contribution in [3.63, 3.8) is 0 Å². The van der Waals surface area contributed by atoms with Gasteiger partial charge in [-0.3, -0.25) is 0 Å². The molecule has 2 unspecified atom stereocenters. The fourth-order valence-corrected chi connectivity index (χ4v) is 2.96. The Balaban J connectivity index is 1.51. The lowest BCUT2D eigenvalue weighted by Gasteiger charge is -2.36. The monoisotopic (exact) mass is 262 g/mol. The van der Waals surface area contributed by atoms with E-state index in [0.29, 0.717) is 5.92 Å². The standard InChI is InChI=1S/C15H26N4/c1-11(2)9-19-15(17-10-18-19)7-12-3-4-13(12)8-16-14-5-6-14/h10-14,16H,3-9H2,1-2H3. The first-order valence-electron chi connectivity index (χ1n) is 7.82. The first-order chi connectivity index (χ1) is 9.22. The highest BCUT2D eigenvalue weighted by Gasteiger charge is 2.33. The summed E-state index contributed by atoms with van der Waals surface area (Å²) in [7, 11) is 0. The first-order valence-corrected chi connectivity index (χ1v) is 7.82. The maximum Gasteiger partial charge on any atom is 0.138 e. The second-order valence-corrected chi connectivity index (χ2v) is 6.74. The van der Waals surface area contributed by atoms with E-state index < -0.39 is 0 Å². The van der Waals surface area contributed by atoms with Crippen LogP contribution in [0.15, 0.2) is 6.33 Å². The molecule has 2 fully saturated rings. The van der Waals surface area contributed by atoms with Crippen molar-refractivity contribution in [3.8, 4) is 0 Å². The van der Waals surface area contributed by atoms with Gasteiger partial charge in [-0.25, -0.2) is 9.67 Å². The Kier molecular flexibility index (Phi) is 3.87. The van der Waals surface area contributed by atoms with Crippen LogP contribution in [0.1, 0.15) is 45.4 Å². The summed E-state index contributed by atoms with van der Waals surface area (Å²) in [5.74, 6) is 3.51. The smallest absolute Gasteiger partial charge is 0.138 e. The highest BCUT2D eigenvalue weighted by molar-refractivity contribution is 4.95. The van der Waals surface area contributed by atoms with E-state index in [0.717, 1.165) is 30.8 Å². The Morgan fingerprint density at radius 3 is 2.68 bits per heavy atom. The summed E-state index contributed by atoms with van der Waals surface area (Å²) in [5, 5.41) is 8.04. The van der Waals surface area contributed by atoms with E-state index in [4.69, 9.17) is 0 Å². The summed E-state index contributed by atoms with van der Waals surface area (Å²) >= 11 is 0. The fourth-order valence-electron chi connectivity index (χ4n) is 2.96. The van der Waals surface area contributed by atoms with Gasteiger partial charge in [-0.15, -0.1) is 0 Å². The predicted octanol–water partition coefficient (Wildman–Crippen LogP) is 2.25. The van der Waals surface area contributed by atoms with E-state index in [9.17, 15) is 0 Å². The van der Waals surface area contributed by atoms with Crippen molar-refractivity contribution in [2.45, 2.75) is 58.5 Å². The molecule has 2 aliphatic rings. The molecule has 4 heteroatoms. The SMILES string of the molecule is CC(C)Cn1ncnc1CC1CCC1CNC1CC1. The number of nitrogens with one attached hydrogen (secondary N) is 1. The summed E-state index contributed by atoms with van der Waals surface area (Å²) in [6.45, 7) is 6.68. The van der Waals surface area contributed by atoms with Crippen LogP contribution in [0.2, 0.25) is 0 Å². The molecule has 1 heterocycles. The summed E-state index contributed by atoms with van der Waals surface area (Å²) < 4.78 is 2.11. The second-order valence-electron chi connectivity index (χ2n) is 6.74. The van der Waals surface area contributed by atoms with Gasteiger partial charge in [0.15, 0.2) is 0 Å². The van der Waals surface area contributed by atoms with Crippen molar-refractivity contribution in [3.05, 3.63) is 12.2 Å². The lowest BCUT2D eigenvalue weighted by atomic mass is 9.71. The quantitative estimate of drug-likeness (QED) is 0.819. The number of nitrogens with zero attached hydrogens (tertiary/aromatic N) is 3. The van der Waals surface area contributed by atoms with Gasteiger partial charge in [0, 0.05) is 19.0 Å². The van der Waals surface area contributed by atoms with Gasteiger partial charge < -0.3 is 5.32 Å². The van der Waals surface area contributed by atoms with Crippen molar-refractivity contribution in [1.29, 1.82) is 0 Å².